The molecule has 34 heavy (non-hydrogen) atoms. The number of ether oxygens (including phenoxy) is 1. The highest BCUT2D eigenvalue weighted by Crippen LogP contribution is 2.32. The van der Waals surface area contributed by atoms with E-state index < -0.39 is 23.3 Å². The van der Waals surface area contributed by atoms with Crippen LogP contribution in [0.3, 0.4) is 0 Å². The van der Waals surface area contributed by atoms with Gasteiger partial charge in [-0.15, -0.1) is 0 Å². The van der Waals surface area contributed by atoms with Crippen LogP contribution in [0.25, 0.3) is 0 Å². The first-order valence-corrected chi connectivity index (χ1v) is 11.5. The third-order valence-corrected chi connectivity index (χ3v) is 6.77. The maximum atomic E-state index is 13.4. The number of nitrogens with zero attached hydrogens (tertiary/aromatic N) is 2. The van der Waals surface area contributed by atoms with E-state index in [0.717, 1.165) is 11.1 Å². The minimum Gasteiger partial charge on any atom is -0.503 e. The monoisotopic (exact) mass is 458 g/mol. The number of rotatable bonds is 5. The number of aromatic nitrogens is 1. The molecule has 1 saturated heterocycles. The smallest absolute Gasteiger partial charge is 0.276 e. The Morgan fingerprint density at radius 2 is 1.68 bits per heavy atom. The van der Waals surface area contributed by atoms with Crippen LogP contribution in [0.15, 0.2) is 71.7 Å². The third kappa shape index (κ3) is 3.82. The van der Waals surface area contributed by atoms with Gasteiger partial charge in [0, 0.05) is 24.6 Å². The summed E-state index contributed by atoms with van der Waals surface area (Å²) in [4.78, 5) is 41.1. The molecule has 0 aliphatic carbocycles. The highest BCUT2D eigenvalue weighted by atomic mass is 16.5. The molecule has 3 heterocycles. The van der Waals surface area contributed by atoms with Crippen molar-refractivity contribution < 1.29 is 19.4 Å². The largest absolute Gasteiger partial charge is 0.503 e. The zero-order valence-electron chi connectivity index (χ0n) is 18.9. The van der Waals surface area contributed by atoms with Crippen LogP contribution in [0, 0.1) is 0 Å². The van der Waals surface area contributed by atoms with Crippen molar-refractivity contribution in [2.45, 2.75) is 44.5 Å². The fourth-order valence-corrected chi connectivity index (χ4v) is 4.95. The number of amides is 1. The zero-order chi connectivity index (χ0) is 23.8. The lowest BCUT2D eigenvalue weighted by atomic mass is 9.86. The Balaban J connectivity index is 1.52. The molecule has 2 aliphatic rings. The molecular weight excluding hydrogens is 432 g/mol. The molecule has 5 rings (SSSR count). The summed E-state index contributed by atoms with van der Waals surface area (Å²) in [5, 5.41) is 10.7. The lowest BCUT2D eigenvalue weighted by Gasteiger charge is -2.44. The average molecular weight is 459 g/mol. The van der Waals surface area contributed by atoms with Crippen molar-refractivity contribution in [1.82, 2.24) is 9.47 Å². The van der Waals surface area contributed by atoms with Gasteiger partial charge < -0.3 is 19.3 Å². The Morgan fingerprint density at radius 3 is 2.29 bits per heavy atom. The molecule has 2 aromatic carbocycles. The molecule has 0 unspecified atom stereocenters. The van der Waals surface area contributed by atoms with Gasteiger partial charge in [-0.2, -0.15) is 0 Å². The molecule has 1 aromatic heterocycles. The van der Waals surface area contributed by atoms with Crippen LogP contribution in [-0.4, -0.2) is 45.1 Å². The van der Waals surface area contributed by atoms with Gasteiger partial charge in [0.15, 0.2) is 23.5 Å². The summed E-state index contributed by atoms with van der Waals surface area (Å²) in [6.45, 7) is 2.70. The van der Waals surface area contributed by atoms with E-state index in [-0.39, 0.29) is 42.0 Å². The van der Waals surface area contributed by atoms with E-state index >= 15 is 0 Å². The second kappa shape index (κ2) is 8.91. The zero-order valence-corrected chi connectivity index (χ0v) is 18.9. The third-order valence-electron chi connectivity index (χ3n) is 6.77. The summed E-state index contributed by atoms with van der Waals surface area (Å²) in [5.74, 6) is -1.77. The molecular formula is C27H26N2O5. The SMILES string of the molecule is C[C@@H]1CCO[C@H]2Cn3cc(C(=O)CC(c4ccccc4)c4ccccc4)c(=O)c(O)c3C(=O)N12. The van der Waals surface area contributed by atoms with Gasteiger partial charge in [-0.1, -0.05) is 60.7 Å². The second-order valence-electron chi connectivity index (χ2n) is 8.90. The predicted octanol–water partition coefficient (Wildman–Crippen LogP) is 3.55. The standard InChI is InChI=1S/C27H26N2O5/c1-17-12-13-34-23-16-28-15-21(25(31)26(32)24(28)27(33)29(17)23)22(30)14-20(18-8-4-2-5-9-18)19-10-6-3-7-11-19/h2-11,15,17,20,23,32H,12-14,16H2,1H3/t17-,23+/m1/s1. The highest BCUT2D eigenvalue weighted by molar-refractivity contribution is 6.00. The summed E-state index contributed by atoms with van der Waals surface area (Å²) >= 11 is 0. The first kappa shape index (κ1) is 22.1. The van der Waals surface area contributed by atoms with Gasteiger partial charge in [0.2, 0.25) is 5.43 Å². The van der Waals surface area contributed by atoms with Crippen LogP contribution in [0.1, 0.15) is 57.7 Å². The Hall–Kier alpha value is -3.71. The van der Waals surface area contributed by atoms with Crippen molar-refractivity contribution in [2.75, 3.05) is 6.61 Å². The van der Waals surface area contributed by atoms with E-state index in [1.807, 2.05) is 67.6 Å². The quantitative estimate of drug-likeness (QED) is 0.591. The van der Waals surface area contributed by atoms with Crippen LogP contribution in [0.5, 0.6) is 5.75 Å². The molecule has 7 heteroatoms. The number of aromatic hydroxyl groups is 1. The fourth-order valence-electron chi connectivity index (χ4n) is 4.95. The summed E-state index contributed by atoms with van der Waals surface area (Å²) in [7, 11) is 0. The average Bonchev–Trinajstić information content (AvgIpc) is 2.85. The molecule has 0 bridgehead atoms. The molecule has 2 atom stereocenters. The second-order valence-corrected chi connectivity index (χ2v) is 8.90. The molecule has 0 saturated carbocycles. The normalized spacial score (nSPS) is 19.6. The number of hydrogen-bond donors (Lipinski definition) is 1. The minimum atomic E-state index is -0.812. The van der Waals surface area contributed by atoms with E-state index in [1.165, 1.54) is 10.8 Å². The summed E-state index contributed by atoms with van der Waals surface area (Å²) in [6.07, 6.45) is 1.66. The topological polar surface area (TPSA) is 88.8 Å². The molecule has 1 amide bonds. The molecule has 0 spiro atoms. The van der Waals surface area contributed by atoms with E-state index in [2.05, 4.69) is 0 Å². The van der Waals surface area contributed by atoms with Crippen molar-refractivity contribution in [3.63, 3.8) is 0 Å². The van der Waals surface area contributed by atoms with Gasteiger partial charge in [0.25, 0.3) is 5.91 Å². The summed E-state index contributed by atoms with van der Waals surface area (Å²) in [6, 6.07) is 19.2. The lowest BCUT2D eigenvalue weighted by molar-refractivity contribution is -0.112. The van der Waals surface area contributed by atoms with Crippen LogP contribution in [0.2, 0.25) is 0 Å². The molecule has 2 aliphatic heterocycles. The van der Waals surface area contributed by atoms with Crippen LogP contribution in [-0.2, 0) is 11.3 Å². The van der Waals surface area contributed by atoms with Gasteiger partial charge in [-0.25, -0.2) is 0 Å². The highest BCUT2D eigenvalue weighted by Gasteiger charge is 2.41. The van der Waals surface area contributed by atoms with E-state index in [1.54, 1.807) is 4.90 Å². The molecule has 1 N–H and O–H groups in total. The van der Waals surface area contributed by atoms with Gasteiger partial charge >= 0.3 is 0 Å². The number of Topliss-reactive ketones (excluding diaryl/α,β-unsaturated/α-hetero) is 1. The van der Waals surface area contributed by atoms with Crippen molar-refractivity contribution in [3.8, 4) is 5.75 Å². The minimum absolute atomic E-state index is 0.0547. The van der Waals surface area contributed by atoms with Crippen LogP contribution in [0.4, 0.5) is 0 Å². The predicted molar refractivity (Wildman–Crippen MR) is 126 cm³/mol. The molecule has 174 valence electrons. The van der Waals surface area contributed by atoms with E-state index in [4.69, 9.17) is 4.74 Å². The Kier molecular flexibility index (Phi) is 5.79. The lowest BCUT2D eigenvalue weighted by Crippen LogP contribution is -2.57. The molecule has 0 radical (unpaired) electrons. The van der Waals surface area contributed by atoms with E-state index in [0.29, 0.717) is 13.0 Å². The first-order valence-electron chi connectivity index (χ1n) is 11.5. The maximum absolute atomic E-state index is 13.4. The number of fused-ring (bicyclic) bond motifs is 2. The van der Waals surface area contributed by atoms with Crippen molar-refractivity contribution in [1.29, 1.82) is 0 Å². The van der Waals surface area contributed by atoms with Crippen molar-refractivity contribution in [3.05, 3.63) is 99.5 Å². The Morgan fingerprint density at radius 1 is 1.06 bits per heavy atom. The summed E-state index contributed by atoms with van der Waals surface area (Å²) < 4.78 is 7.26. The van der Waals surface area contributed by atoms with Gasteiger partial charge in [0.05, 0.1) is 18.7 Å². The number of benzene rings is 2. The number of carbonyl (C=O) groups is 2. The van der Waals surface area contributed by atoms with Crippen LogP contribution < -0.4 is 5.43 Å². The fraction of sp³-hybridized carbons (Fsp3) is 0.296. The van der Waals surface area contributed by atoms with Crippen molar-refractivity contribution in [2.24, 2.45) is 0 Å². The van der Waals surface area contributed by atoms with Gasteiger partial charge in [-0.3, -0.25) is 14.4 Å². The Labute approximate surface area is 197 Å². The molecule has 3 aromatic rings. The van der Waals surface area contributed by atoms with Crippen LogP contribution >= 0.6 is 0 Å². The van der Waals surface area contributed by atoms with Gasteiger partial charge in [0.1, 0.15) is 0 Å². The number of pyridine rings is 1. The first-order chi connectivity index (χ1) is 16.5. The maximum Gasteiger partial charge on any atom is 0.276 e. The summed E-state index contributed by atoms with van der Waals surface area (Å²) in [5.41, 5.74) is 0.897. The number of ketones is 1. The molecule has 1 fully saturated rings. The van der Waals surface area contributed by atoms with Crippen molar-refractivity contribution >= 4 is 11.7 Å². The molecule has 7 nitrogen and oxygen atoms in total. The Bertz CT molecular complexity index is 1250. The van der Waals surface area contributed by atoms with Gasteiger partial charge in [-0.05, 0) is 24.5 Å². The number of carbonyl (C=O) groups excluding carboxylic acids is 2. The number of hydrogen-bond acceptors (Lipinski definition) is 5. The van der Waals surface area contributed by atoms with E-state index in [9.17, 15) is 19.5 Å².